The first-order chi connectivity index (χ1) is 5.47. The Balaban J connectivity index is 2.84. The number of aromatic nitrogens is 2. The highest BCUT2D eigenvalue weighted by Crippen LogP contribution is 2.15. The van der Waals surface area contributed by atoms with Crippen LogP contribution in [0.5, 0.6) is 0 Å². The molecule has 0 saturated carbocycles. The van der Waals surface area contributed by atoms with Crippen LogP contribution in [-0.2, 0) is 0 Å². The van der Waals surface area contributed by atoms with Gasteiger partial charge >= 0.3 is 12.0 Å². The Labute approximate surface area is 64.4 Å². The van der Waals surface area contributed by atoms with Gasteiger partial charge in [-0.15, -0.1) is 0 Å². The van der Waals surface area contributed by atoms with Crippen molar-refractivity contribution >= 4 is 5.82 Å². The minimum absolute atomic E-state index is 0.428. The summed E-state index contributed by atoms with van der Waals surface area (Å²) in [6.45, 7) is 0. The largest absolute Gasteiger partial charge is 0.483 e. The average Bonchev–Trinajstić information content (AvgIpc) is 1.82. The van der Waals surface area contributed by atoms with E-state index in [0.717, 1.165) is 17.6 Å². The molecule has 0 unspecified atom stereocenters. The minimum Gasteiger partial charge on any atom is -0.292 e. The summed E-state index contributed by atoms with van der Waals surface area (Å²) in [7, 11) is 0. The van der Waals surface area contributed by atoms with Crippen molar-refractivity contribution < 1.29 is 13.2 Å². The number of hydrogen-bond acceptors (Lipinski definition) is 3. The van der Waals surface area contributed by atoms with Gasteiger partial charge in [0.2, 0.25) is 0 Å². The second-order valence-electron chi connectivity index (χ2n) is 1.91. The summed E-state index contributed by atoms with van der Waals surface area (Å²) in [5, 5.41) is 1.13. The van der Waals surface area contributed by atoms with E-state index in [1.165, 1.54) is 0 Å². The van der Waals surface area contributed by atoms with E-state index >= 15 is 0 Å². The van der Waals surface area contributed by atoms with Gasteiger partial charge in [-0.1, -0.05) is 0 Å². The zero-order valence-corrected chi connectivity index (χ0v) is 5.64. The van der Waals surface area contributed by atoms with Crippen molar-refractivity contribution in [2.24, 2.45) is 0 Å². The van der Waals surface area contributed by atoms with Crippen LogP contribution in [0.3, 0.4) is 0 Å². The predicted molar refractivity (Wildman–Crippen MR) is 34.5 cm³/mol. The van der Waals surface area contributed by atoms with Gasteiger partial charge < -0.3 is 0 Å². The van der Waals surface area contributed by atoms with E-state index in [1.54, 1.807) is 0 Å². The molecule has 4 nitrogen and oxygen atoms in total. The zero-order chi connectivity index (χ0) is 9.19. The first-order valence-corrected chi connectivity index (χ1v) is 2.87. The molecule has 0 aliphatic rings. The first kappa shape index (κ1) is 8.57. The number of nitrogens with one attached hydrogen (secondary N) is 2. The molecule has 0 spiro atoms. The van der Waals surface area contributed by atoms with Crippen LogP contribution in [-0.4, -0.2) is 16.3 Å². The molecule has 0 radical (unpaired) electrons. The molecule has 0 aromatic carbocycles. The second kappa shape index (κ2) is 2.84. The van der Waals surface area contributed by atoms with Gasteiger partial charge in [-0.2, -0.15) is 13.2 Å². The lowest BCUT2D eigenvalue weighted by Crippen LogP contribution is -2.23. The Bertz CT molecular complexity index is 318. The fourth-order valence-corrected chi connectivity index (χ4v) is 0.594. The van der Waals surface area contributed by atoms with Gasteiger partial charge in [0.15, 0.2) is 0 Å². The Kier molecular flexibility index (Phi) is 2.03. The van der Waals surface area contributed by atoms with Gasteiger partial charge in [0.05, 0.1) is 0 Å². The zero-order valence-electron chi connectivity index (χ0n) is 5.64. The summed E-state index contributed by atoms with van der Waals surface area (Å²) in [6.07, 6.45) is -3.57. The maximum absolute atomic E-state index is 11.6. The van der Waals surface area contributed by atoms with Gasteiger partial charge in [0, 0.05) is 6.20 Å². The molecule has 2 N–H and O–H groups in total. The molecule has 12 heavy (non-hydrogen) atoms. The Morgan fingerprint density at radius 1 is 1.50 bits per heavy atom. The standard InChI is InChI=1S/C5H4F3N3O/c6-5(7,8)11-3-1-2-9-4(12)10-3/h1-2H,(H2,9,10,11,12). The molecule has 1 aromatic heterocycles. The third kappa shape index (κ3) is 2.60. The van der Waals surface area contributed by atoms with E-state index in [2.05, 4.69) is 4.98 Å². The number of H-pyrrole nitrogens is 1. The molecule has 1 heterocycles. The van der Waals surface area contributed by atoms with Crippen molar-refractivity contribution in [1.29, 1.82) is 0 Å². The maximum Gasteiger partial charge on any atom is 0.483 e. The summed E-state index contributed by atoms with van der Waals surface area (Å²) in [5.74, 6) is -0.428. The molecule has 0 saturated heterocycles. The molecule has 1 rings (SSSR count). The van der Waals surface area contributed by atoms with E-state index in [-0.39, 0.29) is 0 Å². The van der Waals surface area contributed by atoms with E-state index in [1.807, 2.05) is 4.98 Å². The number of alkyl halides is 3. The van der Waals surface area contributed by atoms with Gasteiger partial charge in [-0.25, -0.2) is 9.78 Å². The van der Waals surface area contributed by atoms with Crippen LogP contribution in [0.2, 0.25) is 0 Å². The summed E-state index contributed by atoms with van der Waals surface area (Å²) in [5.41, 5.74) is -0.829. The van der Waals surface area contributed by atoms with Crippen LogP contribution in [0, 0.1) is 0 Å². The number of aromatic amines is 1. The molecule has 0 amide bonds. The highest BCUT2D eigenvalue weighted by atomic mass is 19.4. The van der Waals surface area contributed by atoms with Crippen LogP contribution in [0.25, 0.3) is 0 Å². The molecule has 7 heteroatoms. The average molecular weight is 179 g/mol. The van der Waals surface area contributed by atoms with Crippen molar-refractivity contribution in [2.45, 2.75) is 6.30 Å². The fourth-order valence-electron chi connectivity index (χ4n) is 0.594. The summed E-state index contributed by atoms with van der Waals surface area (Å²) >= 11 is 0. The molecule has 0 bridgehead atoms. The third-order valence-electron chi connectivity index (χ3n) is 0.951. The second-order valence-corrected chi connectivity index (χ2v) is 1.91. The number of rotatable bonds is 1. The Morgan fingerprint density at radius 2 is 2.17 bits per heavy atom. The highest BCUT2D eigenvalue weighted by molar-refractivity contribution is 5.32. The normalized spacial score (nSPS) is 11.2. The number of halogens is 3. The Morgan fingerprint density at radius 3 is 2.67 bits per heavy atom. The lowest BCUT2D eigenvalue weighted by molar-refractivity contribution is -0.100. The van der Waals surface area contributed by atoms with Gasteiger partial charge in [-0.3, -0.25) is 10.3 Å². The lowest BCUT2D eigenvalue weighted by atomic mass is 10.6. The van der Waals surface area contributed by atoms with Crippen molar-refractivity contribution in [3.63, 3.8) is 0 Å². The number of nitrogens with zero attached hydrogens (tertiary/aromatic N) is 1. The predicted octanol–water partition coefficient (Wildman–Crippen LogP) is 0.702. The highest BCUT2D eigenvalue weighted by Gasteiger charge is 2.27. The van der Waals surface area contributed by atoms with Crippen molar-refractivity contribution in [1.82, 2.24) is 9.97 Å². The smallest absolute Gasteiger partial charge is 0.292 e. The molecule has 66 valence electrons. The summed E-state index contributed by atoms with van der Waals surface area (Å²) in [4.78, 5) is 15.4. The monoisotopic (exact) mass is 179 g/mol. The first-order valence-electron chi connectivity index (χ1n) is 2.87. The maximum atomic E-state index is 11.6. The van der Waals surface area contributed by atoms with Gasteiger partial charge in [0.25, 0.3) is 0 Å². The lowest BCUT2D eigenvalue weighted by Gasteiger charge is -2.07. The van der Waals surface area contributed by atoms with Gasteiger partial charge in [0.1, 0.15) is 5.82 Å². The molecule has 0 aliphatic carbocycles. The molecule has 0 atom stereocenters. The topological polar surface area (TPSA) is 57.8 Å². The van der Waals surface area contributed by atoms with E-state index in [4.69, 9.17) is 0 Å². The van der Waals surface area contributed by atoms with E-state index in [9.17, 15) is 18.0 Å². The summed E-state index contributed by atoms with van der Waals surface area (Å²) in [6, 6.07) is 1.01. The molecule has 1 aromatic rings. The fraction of sp³-hybridized carbons (Fsp3) is 0.200. The molecular formula is C5H4F3N3O. The van der Waals surface area contributed by atoms with Crippen molar-refractivity contribution in [3.05, 3.63) is 22.7 Å². The van der Waals surface area contributed by atoms with Crippen molar-refractivity contribution in [3.8, 4) is 0 Å². The minimum atomic E-state index is -4.55. The number of anilines is 1. The Hall–Kier alpha value is -1.53. The van der Waals surface area contributed by atoms with Crippen LogP contribution in [0.15, 0.2) is 17.1 Å². The molecule has 0 fully saturated rings. The summed E-state index contributed by atoms with van der Waals surface area (Å²) < 4.78 is 34.9. The quantitative estimate of drug-likeness (QED) is 0.624. The van der Waals surface area contributed by atoms with Crippen LogP contribution in [0.4, 0.5) is 19.0 Å². The van der Waals surface area contributed by atoms with Crippen LogP contribution >= 0.6 is 0 Å². The van der Waals surface area contributed by atoms with Crippen LogP contribution < -0.4 is 11.0 Å². The number of hydrogen-bond donors (Lipinski definition) is 2. The van der Waals surface area contributed by atoms with Crippen LogP contribution in [0.1, 0.15) is 0 Å². The van der Waals surface area contributed by atoms with Gasteiger partial charge in [-0.05, 0) is 6.07 Å². The molecule has 0 aliphatic heterocycles. The molecular weight excluding hydrogens is 175 g/mol. The SMILES string of the molecule is O=c1nccc(NC(F)(F)F)[nH]1. The van der Waals surface area contributed by atoms with E-state index in [0.29, 0.717) is 0 Å². The van der Waals surface area contributed by atoms with E-state index < -0.39 is 17.8 Å². The third-order valence-corrected chi connectivity index (χ3v) is 0.951. The van der Waals surface area contributed by atoms with Crippen molar-refractivity contribution in [2.75, 3.05) is 5.32 Å².